The van der Waals surface area contributed by atoms with Crippen LogP contribution in [0.2, 0.25) is 0 Å². The van der Waals surface area contributed by atoms with E-state index >= 15 is 0 Å². The van der Waals surface area contributed by atoms with Crippen molar-refractivity contribution in [3.05, 3.63) is 18.0 Å². The van der Waals surface area contributed by atoms with Crippen molar-refractivity contribution >= 4 is 5.78 Å². The molecule has 4 saturated carbocycles. The predicted molar refractivity (Wildman–Crippen MR) is 118 cm³/mol. The van der Waals surface area contributed by atoms with Crippen LogP contribution in [0.3, 0.4) is 0 Å². The molecule has 4 fully saturated rings. The maximum absolute atomic E-state index is 13.5. The molecule has 0 radical (unpaired) electrons. The van der Waals surface area contributed by atoms with E-state index in [1.54, 1.807) is 17.1 Å². The Hall–Kier alpha value is -1.67. The van der Waals surface area contributed by atoms with E-state index in [-0.39, 0.29) is 23.7 Å². The van der Waals surface area contributed by atoms with Gasteiger partial charge in [0.25, 0.3) is 0 Å². The van der Waals surface area contributed by atoms with Crippen LogP contribution in [-0.2, 0) is 16.1 Å². The van der Waals surface area contributed by atoms with Crippen LogP contribution in [-0.4, -0.2) is 29.3 Å². The summed E-state index contributed by atoms with van der Waals surface area (Å²) in [7, 11) is 1.81. The zero-order valence-corrected chi connectivity index (χ0v) is 19.1. The predicted octanol–water partition coefficient (Wildman–Crippen LogP) is 4.86. The van der Waals surface area contributed by atoms with Crippen LogP contribution >= 0.6 is 0 Å². The van der Waals surface area contributed by atoms with E-state index in [2.05, 4.69) is 18.1 Å². The molecular formula is C26H37N3O2. The number of Topliss-reactive ketones (excluding diaryl/α,β-unsaturated/α-hetero) is 1. The molecule has 5 rings (SSSR count). The summed E-state index contributed by atoms with van der Waals surface area (Å²) in [4.78, 5) is 13.5. The van der Waals surface area contributed by atoms with Crippen LogP contribution in [0.25, 0.3) is 0 Å². The number of nitriles is 1. The van der Waals surface area contributed by atoms with E-state index in [4.69, 9.17) is 10.00 Å². The molecule has 0 aliphatic heterocycles. The van der Waals surface area contributed by atoms with Gasteiger partial charge in [-0.15, -0.1) is 0 Å². The molecule has 1 heterocycles. The Morgan fingerprint density at radius 1 is 1.19 bits per heavy atom. The largest absolute Gasteiger partial charge is 0.384 e. The van der Waals surface area contributed by atoms with E-state index < -0.39 is 0 Å². The third-order valence-corrected chi connectivity index (χ3v) is 9.81. The van der Waals surface area contributed by atoms with Gasteiger partial charge in [0.1, 0.15) is 6.07 Å². The summed E-state index contributed by atoms with van der Waals surface area (Å²) in [6.07, 6.45) is 14.9. The summed E-state index contributed by atoms with van der Waals surface area (Å²) < 4.78 is 7.47. The van der Waals surface area contributed by atoms with Crippen molar-refractivity contribution in [3.63, 3.8) is 0 Å². The number of methoxy groups -OCH3 is 1. The first-order valence-corrected chi connectivity index (χ1v) is 12.5. The first-order valence-electron chi connectivity index (χ1n) is 12.5. The Morgan fingerprint density at radius 3 is 2.81 bits per heavy atom. The molecule has 8 unspecified atom stereocenters. The lowest BCUT2D eigenvalue weighted by Crippen LogP contribution is -2.52. The SMILES string of the molecule is COCC12CCC3C4CCC(C)CC4CCC3C1CCC2C(=O)Cn1cc(C#N)cn1. The smallest absolute Gasteiger partial charge is 0.157 e. The van der Waals surface area contributed by atoms with Crippen LogP contribution in [0.4, 0.5) is 0 Å². The first-order chi connectivity index (χ1) is 15.1. The van der Waals surface area contributed by atoms with Gasteiger partial charge >= 0.3 is 0 Å². The fourth-order valence-corrected chi connectivity index (χ4v) is 8.71. The molecule has 1 aromatic rings. The fraction of sp³-hybridized carbons (Fsp3) is 0.808. The summed E-state index contributed by atoms with van der Waals surface area (Å²) in [6, 6.07) is 2.11. The Morgan fingerprint density at radius 2 is 2.03 bits per heavy atom. The van der Waals surface area contributed by atoms with Crippen molar-refractivity contribution < 1.29 is 9.53 Å². The Kier molecular flexibility index (Phi) is 5.71. The van der Waals surface area contributed by atoms with Gasteiger partial charge in [0.2, 0.25) is 0 Å². The van der Waals surface area contributed by atoms with Gasteiger partial charge in [0.05, 0.1) is 24.9 Å². The fourth-order valence-electron chi connectivity index (χ4n) is 8.71. The number of carbonyl (C=O) groups is 1. The molecule has 0 saturated heterocycles. The monoisotopic (exact) mass is 423 g/mol. The molecule has 4 aliphatic carbocycles. The number of aromatic nitrogens is 2. The van der Waals surface area contributed by atoms with Crippen molar-refractivity contribution in [1.29, 1.82) is 5.26 Å². The topological polar surface area (TPSA) is 67.9 Å². The summed E-state index contributed by atoms with van der Waals surface area (Å²) in [5.41, 5.74) is 0.523. The molecule has 0 spiro atoms. The Bertz CT molecular complexity index is 857. The second-order valence-electron chi connectivity index (χ2n) is 11.2. The average Bonchev–Trinajstić information content (AvgIpc) is 3.37. The minimum atomic E-state index is 0.00695. The van der Waals surface area contributed by atoms with Crippen molar-refractivity contribution in [3.8, 4) is 6.07 Å². The van der Waals surface area contributed by atoms with Crippen LogP contribution < -0.4 is 0 Å². The van der Waals surface area contributed by atoms with Gasteiger partial charge in [-0.05, 0) is 86.9 Å². The Labute approximate surface area is 186 Å². The number of hydrogen-bond acceptors (Lipinski definition) is 4. The molecule has 1 aromatic heterocycles. The molecule has 0 N–H and O–H groups in total. The van der Waals surface area contributed by atoms with Gasteiger partial charge in [-0.1, -0.05) is 13.3 Å². The number of rotatable bonds is 5. The van der Waals surface area contributed by atoms with Crippen LogP contribution in [0.15, 0.2) is 12.4 Å². The number of hydrogen-bond donors (Lipinski definition) is 0. The zero-order chi connectivity index (χ0) is 21.6. The van der Waals surface area contributed by atoms with E-state index in [9.17, 15) is 4.79 Å². The molecule has 31 heavy (non-hydrogen) atoms. The molecule has 5 heteroatoms. The second-order valence-corrected chi connectivity index (χ2v) is 11.2. The number of carbonyl (C=O) groups excluding carboxylic acids is 1. The van der Waals surface area contributed by atoms with Gasteiger partial charge in [-0.2, -0.15) is 10.4 Å². The molecule has 168 valence electrons. The quantitative estimate of drug-likeness (QED) is 0.678. The number of nitrogens with zero attached hydrogens (tertiary/aromatic N) is 3. The number of ether oxygens (including phenoxy) is 1. The van der Waals surface area contributed by atoms with E-state index in [0.29, 0.717) is 18.1 Å². The van der Waals surface area contributed by atoms with Gasteiger partial charge in [0, 0.05) is 24.6 Å². The number of fused-ring (bicyclic) bond motifs is 5. The van der Waals surface area contributed by atoms with Gasteiger partial charge in [-0.25, -0.2) is 0 Å². The average molecular weight is 424 g/mol. The maximum atomic E-state index is 13.5. The van der Waals surface area contributed by atoms with E-state index in [1.165, 1.54) is 44.9 Å². The summed E-state index contributed by atoms with van der Waals surface area (Å²) in [6.45, 7) is 3.44. The summed E-state index contributed by atoms with van der Waals surface area (Å²) >= 11 is 0. The van der Waals surface area contributed by atoms with Crippen molar-refractivity contribution in [2.75, 3.05) is 13.7 Å². The van der Waals surface area contributed by atoms with Crippen LogP contribution in [0.5, 0.6) is 0 Å². The molecule has 4 aliphatic rings. The summed E-state index contributed by atoms with van der Waals surface area (Å²) in [5.74, 6) is 5.43. The standard InChI is InChI=1S/C26H37N3O2/c1-17-3-5-20-19(11-17)4-6-22-21(20)9-10-26(16-31-2)23(22)7-8-24(26)25(30)15-29-14-18(12-27)13-28-29/h13-14,17,19-24H,3-11,15-16H2,1-2H3. The highest BCUT2D eigenvalue weighted by Gasteiger charge is 2.60. The molecule has 5 nitrogen and oxygen atoms in total. The molecular weight excluding hydrogens is 386 g/mol. The van der Waals surface area contributed by atoms with E-state index in [0.717, 1.165) is 42.4 Å². The third-order valence-electron chi connectivity index (χ3n) is 9.81. The third kappa shape index (κ3) is 3.55. The second kappa shape index (κ2) is 8.35. The molecule has 0 aromatic carbocycles. The maximum Gasteiger partial charge on any atom is 0.157 e. The minimum absolute atomic E-state index is 0.00695. The lowest BCUT2D eigenvalue weighted by atomic mass is 9.49. The number of ketones is 1. The van der Waals surface area contributed by atoms with Crippen molar-refractivity contribution in [1.82, 2.24) is 9.78 Å². The molecule has 8 atom stereocenters. The van der Waals surface area contributed by atoms with Crippen molar-refractivity contribution in [2.45, 2.75) is 71.3 Å². The van der Waals surface area contributed by atoms with Crippen LogP contribution in [0, 0.1) is 58.2 Å². The van der Waals surface area contributed by atoms with Gasteiger partial charge in [0.15, 0.2) is 5.78 Å². The Balaban J connectivity index is 1.36. The zero-order valence-electron chi connectivity index (χ0n) is 19.1. The highest BCUT2D eigenvalue weighted by Crippen LogP contribution is 2.64. The minimum Gasteiger partial charge on any atom is -0.384 e. The van der Waals surface area contributed by atoms with Gasteiger partial charge < -0.3 is 4.74 Å². The van der Waals surface area contributed by atoms with Crippen molar-refractivity contribution in [2.24, 2.45) is 46.8 Å². The molecule has 0 amide bonds. The van der Waals surface area contributed by atoms with Crippen LogP contribution in [0.1, 0.15) is 70.3 Å². The summed E-state index contributed by atoms with van der Waals surface area (Å²) in [5, 5.41) is 13.3. The van der Waals surface area contributed by atoms with E-state index in [1.807, 2.05) is 7.11 Å². The highest BCUT2D eigenvalue weighted by atomic mass is 16.5. The first kappa shape index (κ1) is 21.2. The highest BCUT2D eigenvalue weighted by molar-refractivity contribution is 5.82. The van der Waals surface area contributed by atoms with Gasteiger partial charge in [-0.3, -0.25) is 9.48 Å². The normalized spacial score (nSPS) is 41.6. The molecule has 0 bridgehead atoms. The lowest BCUT2D eigenvalue weighted by Gasteiger charge is -2.56. The lowest BCUT2D eigenvalue weighted by molar-refractivity contribution is -0.138.